The second-order valence-corrected chi connectivity index (χ2v) is 12.6. The van der Waals surface area contributed by atoms with Crippen LogP contribution in [-0.2, 0) is 52.3 Å². The molecule has 2 aliphatic rings. The number of ether oxygens (including phenoxy) is 7. The number of azide groups is 1. The summed E-state index contributed by atoms with van der Waals surface area (Å²) in [5.74, 6) is -3.43. The van der Waals surface area contributed by atoms with Crippen LogP contribution in [0.4, 0.5) is 4.79 Å². The Morgan fingerprint density at radius 2 is 1.44 bits per heavy atom. The molecule has 0 aromatic heterocycles. The highest BCUT2D eigenvalue weighted by molar-refractivity contribution is 5.82. The molecule has 1 fully saturated rings. The van der Waals surface area contributed by atoms with Crippen LogP contribution in [-0.4, -0.2) is 92.1 Å². The highest BCUT2D eigenvalue weighted by Crippen LogP contribution is 2.44. The van der Waals surface area contributed by atoms with E-state index >= 15 is 0 Å². The van der Waals surface area contributed by atoms with E-state index in [1.807, 2.05) is 48.5 Å². The Hall–Kier alpha value is -5.18. The number of nitrogens with zero attached hydrogens (tertiary/aromatic N) is 3. The fourth-order valence-electron chi connectivity index (χ4n) is 5.72. The maximum Gasteiger partial charge on any atom is 0.407 e. The number of fused-ring (bicyclic) bond motifs is 3. The highest BCUT2D eigenvalue weighted by Gasteiger charge is 2.51. The summed E-state index contributed by atoms with van der Waals surface area (Å²) in [5.41, 5.74) is 12.5. The molecule has 0 radical (unpaired) electrons. The van der Waals surface area contributed by atoms with Gasteiger partial charge in [0.05, 0.1) is 6.61 Å². The maximum absolute atomic E-state index is 13.3. The first kappa shape index (κ1) is 37.6. The second kappa shape index (κ2) is 16.5. The summed E-state index contributed by atoms with van der Waals surface area (Å²) in [5, 5.41) is 6.15. The van der Waals surface area contributed by atoms with Gasteiger partial charge in [0.25, 0.3) is 0 Å². The van der Waals surface area contributed by atoms with Gasteiger partial charge < -0.3 is 38.5 Å². The third-order valence-corrected chi connectivity index (χ3v) is 7.61. The van der Waals surface area contributed by atoms with Crippen molar-refractivity contribution in [3.05, 3.63) is 70.1 Å². The van der Waals surface area contributed by atoms with Gasteiger partial charge in [0.15, 0.2) is 24.5 Å². The number of hydrogen-bond donors (Lipinski definition) is 1. The topological polar surface area (TPSA) is 211 Å². The average molecular weight is 697 g/mol. The van der Waals surface area contributed by atoms with Crippen molar-refractivity contribution in [1.29, 1.82) is 0 Å². The number of alkyl carbamates (subject to hydrolysis) is 1. The molecule has 1 N–H and O–H groups in total. The quantitative estimate of drug-likeness (QED) is 0.109. The van der Waals surface area contributed by atoms with Crippen LogP contribution in [0.5, 0.6) is 0 Å². The summed E-state index contributed by atoms with van der Waals surface area (Å²) in [4.78, 5) is 65.0. The van der Waals surface area contributed by atoms with E-state index in [0.29, 0.717) is 0 Å². The zero-order valence-electron chi connectivity index (χ0n) is 28.5. The summed E-state index contributed by atoms with van der Waals surface area (Å²) in [6, 6.07) is 12.7. The van der Waals surface area contributed by atoms with Gasteiger partial charge in [0.2, 0.25) is 0 Å². The first-order valence-electron chi connectivity index (χ1n) is 15.8. The van der Waals surface area contributed by atoms with Gasteiger partial charge in [-0.2, -0.15) is 0 Å². The van der Waals surface area contributed by atoms with Crippen LogP contribution in [0.2, 0.25) is 0 Å². The predicted octanol–water partition coefficient (Wildman–Crippen LogP) is 4.08. The highest BCUT2D eigenvalue weighted by atomic mass is 16.7. The van der Waals surface area contributed by atoms with Crippen LogP contribution in [0, 0.1) is 0 Å². The Balaban J connectivity index is 1.54. The molecule has 1 aliphatic carbocycles. The molecular formula is C34H40N4O12. The third kappa shape index (κ3) is 9.71. The lowest BCUT2D eigenvalue weighted by atomic mass is 9.96. The van der Waals surface area contributed by atoms with Gasteiger partial charge >= 0.3 is 30.0 Å². The number of carbonyl (C=O) groups excluding carboxylic acids is 5. The van der Waals surface area contributed by atoms with Gasteiger partial charge in [0, 0.05) is 31.6 Å². The Labute approximate surface area is 288 Å². The number of amides is 1. The van der Waals surface area contributed by atoms with Gasteiger partial charge in [-0.3, -0.25) is 14.4 Å². The molecule has 50 heavy (non-hydrogen) atoms. The number of hydrogen-bond acceptors (Lipinski definition) is 13. The molecule has 16 heteroatoms. The van der Waals surface area contributed by atoms with Crippen molar-refractivity contribution in [3.63, 3.8) is 0 Å². The van der Waals surface area contributed by atoms with Crippen molar-refractivity contribution in [1.82, 2.24) is 5.32 Å². The SMILES string of the molecule is CC(=O)OC[C@H]1O[C@H](OC[C@H](NC(=O)OCC2c3ccccc3-c3ccccc32)C(=O)OC(C)(C)C)[C@H](N=[N+]=[N-])[C@@H](OC(C)=O)[C@H]1OC(C)=O. The van der Waals surface area contributed by atoms with E-state index in [-0.39, 0.29) is 12.5 Å². The van der Waals surface area contributed by atoms with Crippen LogP contribution in [0.3, 0.4) is 0 Å². The largest absolute Gasteiger partial charge is 0.463 e. The van der Waals surface area contributed by atoms with Crippen molar-refractivity contribution in [2.45, 2.75) is 89.7 Å². The normalized spacial score (nSPS) is 21.7. The standard InChI is InChI=1S/C34H40N4O12/c1-18(39)44-17-27-29(47-19(2)40)30(48-20(3)41)28(37-38-35)32(49-27)45-16-26(31(42)50-34(4,5)6)36-33(43)46-15-25-23-13-9-7-11-21(23)22-12-8-10-14-24(22)25/h7-14,25-30,32H,15-17H2,1-6H3,(H,36,43)/t26-,27+,28+,29-,30+,32-/m0/s1. The molecule has 6 atom stereocenters. The van der Waals surface area contributed by atoms with E-state index in [2.05, 4.69) is 15.3 Å². The molecule has 0 saturated carbocycles. The molecule has 1 saturated heterocycles. The Bertz CT molecular complexity index is 1590. The minimum absolute atomic E-state index is 0.0358. The van der Waals surface area contributed by atoms with E-state index in [4.69, 9.17) is 33.2 Å². The summed E-state index contributed by atoms with van der Waals surface area (Å²) >= 11 is 0. The smallest absolute Gasteiger partial charge is 0.407 e. The predicted molar refractivity (Wildman–Crippen MR) is 173 cm³/mol. The molecular weight excluding hydrogens is 656 g/mol. The van der Waals surface area contributed by atoms with Crippen molar-refractivity contribution in [2.75, 3.05) is 19.8 Å². The fourth-order valence-corrected chi connectivity index (χ4v) is 5.72. The maximum atomic E-state index is 13.3. The third-order valence-electron chi connectivity index (χ3n) is 7.61. The van der Waals surface area contributed by atoms with Crippen molar-refractivity contribution in [3.8, 4) is 11.1 Å². The number of benzene rings is 2. The van der Waals surface area contributed by atoms with Crippen LogP contribution >= 0.6 is 0 Å². The van der Waals surface area contributed by atoms with Gasteiger partial charge in [-0.1, -0.05) is 53.6 Å². The van der Waals surface area contributed by atoms with Crippen LogP contribution in [0.1, 0.15) is 58.6 Å². The van der Waals surface area contributed by atoms with Gasteiger partial charge in [-0.05, 0) is 48.6 Å². The van der Waals surface area contributed by atoms with Crippen LogP contribution in [0.25, 0.3) is 21.6 Å². The Kier molecular flexibility index (Phi) is 12.4. The second-order valence-electron chi connectivity index (χ2n) is 12.6. The Morgan fingerprint density at radius 3 is 1.98 bits per heavy atom. The summed E-state index contributed by atoms with van der Waals surface area (Å²) in [6.45, 7) is 7.12. The zero-order valence-corrected chi connectivity index (χ0v) is 28.5. The summed E-state index contributed by atoms with van der Waals surface area (Å²) in [6.07, 6.45) is -6.61. The molecule has 0 bridgehead atoms. The minimum Gasteiger partial charge on any atom is -0.463 e. The van der Waals surface area contributed by atoms with E-state index in [1.165, 1.54) is 0 Å². The number of esters is 4. The Morgan fingerprint density at radius 1 is 0.860 bits per heavy atom. The van der Waals surface area contributed by atoms with E-state index in [1.54, 1.807) is 20.8 Å². The molecule has 0 spiro atoms. The molecule has 268 valence electrons. The first-order chi connectivity index (χ1) is 23.7. The van der Waals surface area contributed by atoms with Gasteiger partial charge in [0.1, 0.15) is 31.0 Å². The lowest BCUT2D eigenvalue weighted by molar-refractivity contribution is -0.274. The van der Waals surface area contributed by atoms with E-state index < -0.39 is 85.5 Å². The molecule has 4 rings (SSSR count). The molecule has 2 aromatic rings. The lowest BCUT2D eigenvalue weighted by Gasteiger charge is -2.43. The molecule has 16 nitrogen and oxygen atoms in total. The minimum atomic E-state index is -1.56. The van der Waals surface area contributed by atoms with Gasteiger partial charge in [-0.25, -0.2) is 9.59 Å². The molecule has 0 unspecified atom stereocenters. The van der Waals surface area contributed by atoms with Crippen molar-refractivity contribution < 1.29 is 57.1 Å². The van der Waals surface area contributed by atoms with Crippen LogP contribution in [0.15, 0.2) is 53.6 Å². The van der Waals surface area contributed by atoms with Crippen LogP contribution < -0.4 is 5.32 Å². The van der Waals surface area contributed by atoms with E-state index in [9.17, 15) is 29.5 Å². The number of rotatable bonds is 12. The molecule has 1 aliphatic heterocycles. The van der Waals surface area contributed by atoms with Crippen molar-refractivity contribution >= 4 is 30.0 Å². The number of carbonyl (C=O) groups is 5. The van der Waals surface area contributed by atoms with Crippen molar-refractivity contribution in [2.24, 2.45) is 5.11 Å². The molecule has 1 heterocycles. The van der Waals surface area contributed by atoms with E-state index in [0.717, 1.165) is 43.0 Å². The first-order valence-corrected chi connectivity index (χ1v) is 15.8. The van der Waals surface area contributed by atoms with Gasteiger partial charge in [-0.15, -0.1) is 0 Å². The number of nitrogens with one attached hydrogen (secondary N) is 1. The summed E-state index contributed by atoms with van der Waals surface area (Å²) in [7, 11) is 0. The molecule has 2 aromatic carbocycles. The monoisotopic (exact) mass is 696 g/mol. The summed E-state index contributed by atoms with van der Waals surface area (Å²) < 4.78 is 38.7. The lowest BCUT2D eigenvalue weighted by Crippen LogP contribution is -2.61. The zero-order chi connectivity index (χ0) is 36.6. The average Bonchev–Trinajstić information content (AvgIpc) is 3.35. The fraction of sp³-hybridized carbons (Fsp3) is 0.500. The molecule has 1 amide bonds.